The van der Waals surface area contributed by atoms with E-state index in [1.807, 2.05) is 13.8 Å². The summed E-state index contributed by atoms with van der Waals surface area (Å²) in [6, 6.07) is 10.0. The third-order valence-electron chi connectivity index (χ3n) is 8.80. The van der Waals surface area contributed by atoms with E-state index in [1.165, 1.54) is 11.4 Å². The fourth-order valence-corrected chi connectivity index (χ4v) is 7.60. The first-order valence-corrected chi connectivity index (χ1v) is 16.8. The highest BCUT2D eigenvalue weighted by atomic mass is 32.2. The van der Waals surface area contributed by atoms with Gasteiger partial charge < -0.3 is 29.6 Å². The maximum absolute atomic E-state index is 13.8. The lowest BCUT2D eigenvalue weighted by atomic mass is 9.72. The minimum atomic E-state index is -3.95. The number of aromatic nitrogens is 1. The molecule has 2 amide bonds. The molecule has 0 fully saturated rings. The van der Waals surface area contributed by atoms with Crippen LogP contribution in [0.15, 0.2) is 46.9 Å². The molecule has 0 saturated carbocycles. The Balaban J connectivity index is 1.66. The summed E-state index contributed by atoms with van der Waals surface area (Å²) in [4.78, 5) is 44.8. The molecule has 4 bridgehead atoms. The monoisotopic (exact) mass is 652 g/mol. The van der Waals surface area contributed by atoms with Gasteiger partial charge in [-0.25, -0.2) is 22.5 Å². The predicted octanol–water partition coefficient (Wildman–Crippen LogP) is 2.16. The number of anilines is 1. The molecular weight excluding hydrogens is 616 g/mol. The summed E-state index contributed by atoms with van der Waals surface area (Å²) < 4.78 is 46.1. The number of oxazole rings is 1. The van der Waals surface area contributed by atoms with Gasteiger partial charge in [0.1, 0.15) is 29.4 Å². The number of fused-ring (bicyclic) bond motifs is 4. The molecule has 3 aliphatic heterocycles. The second-order valence-corrected chi connectivity index (χ2v) is 14.4. The summed E-state index contributed by atoms with van der Waals surface area (Å²) in [5.74, 6) is -2.46. The number of carbonyl (C=O) groups is 3. The third-order valence-corrected chi connectivity index (χ3v) is 9.90. The quantitative estimate of drug-likeness (QED) is 0.335. The van der Waals surface area contributed by atoms with E-state index in [4.69, 9.17) is 13.9 Å². The fraction of sp³-hybridized carbons (Fsp3) is 0.438. The summed E-state index contributed by atoms with van der Waals surface area (Å²) in [7, 11) is -2.75. The van der Waals surface area contributed by atoms with Crippen molar-refractivity contribution in [2.45, 2.75) is 63.9 Å². The standard InChI is InChI=1S/C32H36N4O9S/c1-15(2)23-29-35-24(30(40)43-5)26(45-29)32-18-9-7-8-10-21(18)36(46(6,41)42)31(32)44-22-12-11-17(13-19(22)32)14-20(27(38)34-23)33-28(39)25(37)16(3)4/h7-13,15-16,20,23,25,31,37H,14H2,1-6H3,(H,33,39)(H,34,38)/t20-,23-,25-,31?,32-/m0/s1. The molecule has 3 N–H and O–H groups in total. The highest BCUT2D eigenvalue weighted by Gasteiger charge is 2.65. The Bertz CT molecular complexity index is 1850. The van der Waals surface area contributed by atoms with Gasteiger partial charge in [-0.2, -0.15) is 0 Å². The van der Waals surface area contributed by atoms with Gasteiger partial charge in [-0.15, -0.1) is 0 Å². The Hall–Kier alpha value is -4.43. The molecule has 1 aromatic heterocycles. The molecule has 3 aromatic rings. The molecule has 6 rings (SSSR count). The van der Waals surface area contributed by atoms with Gasteiger partial charge in [0.05, 0.1) is 19.1 Å². The lowest BCUT2D eigenvalue weighted by Crippen LogP contribution is -2.52. The normalized spacial score (nSPS) is 23.9. The number of methoxy groups -OCH3 is 1. The lowest BCUT2D eigenvalue weighted by molar-refractivity contribution is -0.135. The van der Waals surface area contributed by atoms with Crippen molar-refractivity contribution < 1.29 is 41.8 Å². The van der Waals surface area contributed by atoms with Crippen molar-refractivity contribution in [3.8, 4) is 5.75 Å². The van der Waals surface area contributed by atoms with Crippen LogP contribution in [0.25, 0.3) is 0 Å². The molecule has 1 spiro atoms. The molecule has 13 nitrogen and oxygen atoms in total. The molecule has 46 heavy (non-hydrogen) atoms. The Morgan fingerprint density at radius 2 is 1.87 bits per heavy atom. The van der Waals surface area contributed by atoms with Gasteiger partial charge in [0.25, 0.3) is 0 Å². The van der Waals surface area contributed by atoms with Crippen molar-refractivity contribution in [2.75, 3.05) is 17.7 Å². The molecule has 14 heteroatoms. The van der Waals surface area contributed by atoms with E-state index >= 15 is 0 Å². The van der Waals surface area contributed by atoms with E-state index in [2.05, 4.69) is 15.6 Å². The van der Waals surface area contributed by atoms with Crippen molar-refractivity contribution in [1.29, 1.82) is 0 Å². The van der Waals surface area contributed by atoms with Crippen molar-refractivity contribution in [3.63, 3.8) is 0 Å². The van der Waals surface area contributed by atoms with Crippen molar-refractivity contribution in [1.82, 2.24) is 15.6 Å². The van der Waals surface area contributed by atoms with Crippen LogP contribution in [0.4, 0.5) is 5.69 Å². The van der Waals surface area contributed by atoms with Crippen LogP contribution >= 0.6 is 0 Å². The molecular formula is C32H36N4O9S. The Labute approximate surface area is 266 Å². The van der Waals surface area contributed by atoms with Crippen molar-refractivity contribution in [3.05, 3.63) is 76.5 Å². The smallest absolute Gasteiger partial charge is 0.360 e. The van der Waals surface area contributed by atoms with Gasteiger partial charge >= 0.3 is 5.97 Å². The first-order valence-electron chi connectivity index (χ1n) is 15.0. The maximum Gasteiger partial charge on any atom is 0.360 e. The van der Waals surface area contributed by atoms with Crippen LogP contribution in [0, 0.1) is 11.8 Å². The third kappa shape index (κ3) is 4.73. The largest absolute Gasteiger partial charge is 0.467 e. The number of hydrogen-bond acceptors (Lipinski definition) is 10. The zero-order valence-electron chi connectivity index (χ0n) is 26.2. The number of esters is 1. The Kier molecular flexibility index (Phi) is 7.63. The van der Waals surface area contributed by atoms with Crippen LogP contribution in [0.2, 0.25) is 0 Å². The van der Waals surface area contributed by atoms with E-state index in [9.17, 15) is 27.9 Å². The number of nitrogens with zero attached hydrogens (tertiary/aromatic N) is 2. The highest BCUT2D eigenvalue weighted by molar-refractivity contribution is 7.92. The van der Waals surface area contributed by atoms with Crippen LogP contribution in [0.5, 0.6) is 5.75 Å². The number of benzene rings is 2. The number of amides is 2. The zero-order valence-corrected chi connectivity index (χ0v) is 27.0. The van der Waals surface area contributed by atoms with Gasteiger partial charge in [0.15, 0.2) is 11.5 Å². The average molecular weight is 653 g/mol. The lowest BCUT2D eigenvalue weighted by Gasteiger charge is -2.31. The number of para-hydroxylation sites is 1. The van der Waals surface area contributed by atoms with Crippen molar-refractivity contribution >= 4 is 33.5 Å². The van der Waals surface area contributed by atoms with E-state index < -0.39 is 63.6 Å². The van der Waals surface area contributed by atoms with Crippen LogP contribution in [0.3, 0.4) is 0 Å². The SMILES string of the molecule is COC(=O)c1nc2oc1[C@]13c4cc(ccc4OC1N(S(C)(=O)=O)c1ccccc13)C[C@H](NC(=O)[C@@H](O)C(C)C)C(=O)N[C@H]2C(C)C. The topological polar surface area (TPSA) is 177 Å². The number of nitrogens with one attached hydrogen (secondary N) is 2. The summed E-state index contributed by atoms with van der Waals surface area (Å²) in [5, 5.41) is 16.1. The second-order valence-electron chi connectivity index (χ2n) is 12.6. The van der Waals surface area contributed by atoms with E-state index in [1.54, 1.807) is 56.3 Å². The van der Waals surface area contributed by atoms with Crippen LogP contribution < -0.4 is 19.7 Å². The molecule has 0 radical (unpaired) electrons. The van der Waals surface area contributed by atoms with Crippen LogP contribution in [0.1, 0.15) is 72.6 Å². The minimum Gasteiger partial charge on any atom is -0.467 e. The van der Waals surface area contributed by atoms with E-state index in [0.717, 1.165) is 6.26 Å². The number of hydrogen-bond donors (Lipinski definition) is 3. The molecule has 1 unspecified atom stereocenters. The van der Waals surface area contributed by atoms with Crippen LogP contribution in [-0.4, -0.2) is 68.0 Å². The summed E-state index contributed by atoms with van der Waals surface area (Å²) in [6.07, 6.45) is -1.48. The molecule has 5 atom stereocenters. The number of rotatable bonds is 6. The number of sulfonamides is 1. The predicted molar refractivity (Wildman–Crippen MR) is 165 cm³/mol. The van der Waals surface area contributed by atoms with E-state index in [-0.39, 0.29) is 29.7 Å². The first kappa shape index (κ1) is 31.5. The highest BCUT2D eigenvalue weighted by Crippen LogP contribution is 2.61. The van der Waals surface area contributed by atoms with Gasteiger partial charge in [-0.05, 0) is 29.5 Å². The van der Waals surface area contributed by atoms with Gasteiger partial charge in [0.2, 0.25) is 34.0 Å². The summed E-state index contributed by atoms with van der Waals surface area (Å²) in [5.41, 5.74) is 0.208. The van der Waals surface area contributed by atoms with Crippen LogP contribution in [-0.2, 0) is 36.2 Å². The Morgan fingerprint density at radius 3 is 2.52 bits per heavy atom. The number of carbonyl (C=O) groups excluding carboxylic acids is 3. The Morgan fingerprint density at radius 1 is 1.15 bits per heavy atom. The fourth-order valence-electron chi connectivity index (χ4n) is 6.54. The van der Waals surface area contributed by atoms with Crippen molar-refractivity contribution in [2.24, 2.45) is 11.8 Å². The van der Waals surface area contributed by atoms with Gasteiger partial charge in [0, 0.05) is 17.5 Å². The zero-order chi connectivity index (χ0) is 33.3. The second kappa shape index (κ2) is 11.1. The molecule has 3 aliphatic rings. The van der Waals surface area contributed by atoms with E-state index in [0.29, 0.717) is 28.1 Å². The molecule has 0 saturated heterocycles. The van der Waals surface area contributed by atoms with Gasteiger partial charge in [-0.1, -0.05) is 58.0 Å². The summed E-state index contributed by atoms with van der Waals surface area (Å²) in [6.45, 7) is 7.03. The summed E-state index contributed by atoms with van der Waals surface area (Å²) >= 11 is 0. The molecule has 0 aliphatic carbocycles. The number of aliphatic hydroxyl groups is 1. The van der Waals surface area contributed by atoms with Gasteiger partial charge in [-0.3, -0.25) is 9.59 Å². The molecule has 4 heterocycles. The minimum absolute atomic E-state index is 0.0132. The maximum atomic E-state index is 13.8. The number of ether oxygens (including phenoxy) is 2. The molecule has 244 valence electrons. The molecule has 2 aromatic carbocycles. The first-order chi connectivity index (χ1) is 21.7. The average Bonchev–Trinajstić information content (AvgIpc) is 3.65. The number of aliphatic hydroxyl groups excluding tert-OH is 1.